The van der Waals surface area contributed by atoms with Gasteiger partial charge in [0.1, 0.15) is 0 Å². The molecular formula is C17H27N3O. The standard InChI is InChI=1S/C17H27N3O/c1-11-4-7-14(8-5-11)16(13(3)18)20-10-15(17(19)21)9-6-12(20)2/h4-5,7-8,12-13,15-16H,6,9-10,18H2,1-3H3,(H2,19,21). The van der Waals surface area contributed by atoms with Crippen molar-refractivity contribution in [1.29, 1.82) is 0 Å². The van der Waals surface area contributed by atoms with Gasteiger partial charge in [-0.05, 0) is 39.2 Å². The van der Waals surface area contributed by atoms with Crippen molar-refractivity contribution in [3.8, 4) is 0 Å². The van der Waals surface area contributed by atoms with Crippen LogP contribution in [0, 0.1) is 12.8 Å². The fourth-order valence-electron chi connectivity index (χ4n) is 3.31. The maximum Gasteiger partial charge on any atom is 0.221 e. The molecule has 4 N–H and O–H groups in total. The predicted molar refractivity (Wildman–Crippen MR) is 85.7 cm³/mol. The van der Waals surface area contributed by atoms with Crippen LogP contribution in [-0.4, -0.2) is 29.4 Å². The topological polar surface area (TPSA) is 72.3 Å². The number of nitrogens with two attached hydrogens (primary N) is 2. The van der Waals surface area contributed by atoms with Gasteiger partial charge in [0.15, 0.2) is 0 Å². The van der Waals surface area contributed by atoms with Gasteiger partial charge in [0.25, 0.3) is 0 Å². The summed E-state index contributed by atoms with van der Waals surface area (Å²) in [6.07, 6.45) is 1.87. The van der Waals surface area contributed by atoms with Crippen molar-refractivity contribution in [3.63, 3.8) is 0 Å². The van der Waals surface area contributed by atoms with E-state index < -0.39 is 0 Å². The van der Waals surface area contributed by atoms with Gasteiger partial charge in [0.05, 0.1) is 5.92 Å². The van der Waals surface area contributed by atoms with Gasteiger partial charge in [0, 0.05) is 24.7 Å². The highest BCUT2D eigenvalue weighted by molar-refractivity contribution is 5.77. The molecule has 0 radical (unpaired) electrons. The van der Waals surface area contributed by atoms with Gasteiger partial charge in [-0.2, -0.15) is 0 Å². The maximum absolute atomic E-state index is 11.5. The molecule has 2 rings (SSSR count). The van der Waals surface area contributed by atoms with Crippen LogP contribution in [-0.2, 0) is 4.79 Å². The summed E-state index contributed by atoms with van der Waals surface area (Å²) in [5.41, 5.74) is 14.2. The van der Waals surface area contributed by atoms with Crippen LogP contribution >= 0.6 is 0 Å². The molecule has 0 saturated carbocycles. The second kappa shape index (κ2) is 6.58. The highest BCUT2D eigenvalue weighted by Crippen LogP contribution is 2.32. The molecule has 4 heteroatoms. The highest BCUT2D eigenvalue weighted by atomic mass is 16.1. The number of nitrogens with zero attached hydrogens (tertiary/aromatic N) is 1. The Bertz CT molecular complexity index is 483. The van der Waals surface area contributed by atoms with Crippen molar-refractivity contribution in [1.82, 2.24) is 4.90 Å². The van der Waals surface area contributed by atoms with Gasteiger partial charge < -0.3 is 11.5 Å². The zero-order valence-corrected chi connectivity index (χ0v) is 13.3. The lowest BCUT2D eigenvalue weighted by atomic mass is 9.88. The summed E-state index contributed by atoms with van der Waals surface area (Å²) in [7, 11) is 0. The summed E-state index contributed by atoms with van der Waals surface area (Å²) in [5.74, 6) is -0.257. The fourth-order valence-corrected chi connectivity index (χ4v) is 3.31. The molecule has 116 valence electrons. The number of carbonyl (C=O) groups excluding carboxylic acids is 1. The summed E-state index contributed by atoms with van der Waals surface area (Å²) < 4.78 is 0. The Morgan fingerprint density at radius 1 is 1.29 bits per heavy atom. The molecular weight excluding hydrogens is 262 g/mol. The number of aryl methyl sites for hydroxylation is 1. The second-order valence-electron chi connectivity index (χ2n) is 6.44. The number of carbonyl (C=O) groups is 1. The minimum Gasteiger partial charge on any atom is -0.369 e. The van der Waals surface area contributed by atoms with E-state index in [2.05, 4.69) is 43.0 Å². The molecule has 1 aromatic rings. The fraction of sp³-hybridized carbons (Fsp3) is 0.588. The molecule has 1 fully saturated rings. The van der Waals surface area contributed by atoms with Crippen LogP contribution in [0.5, 0.6) is 0 Å². The molecule has 0 aromatic heterocycles. The zero-order valence-electron chi connectivity index (χ0n) is 13.3. The third kappa shape index (κ3) is 3.63. The van der Waals surface area contributed by atoms with Crippen molar-refractivity contribution >= 4 is 5.91 Å². The van der Waals surface area contributed by atoms with Crippen LogP contribution in [0.4, 0.5) is 0 Å². The average molecular weight is 289 g/mol. The summed E-state index contributed by atoms with van der Waals surface area (Å²) >= 11 is 0. The van der Waals surface area contributed by atoms with Crippen LogP contribution in [0.15, 0.2) is 24.3 Å². The summed E-state index contributed by atoms with van der Waals surface area (Å²) in [6, 6.07) is 9.06. The molecule has 4 unspecified atom stereocenters. The van der Waals surface area contributed by atoms with E-state index in [9.17, 15) is 4.79 Å². The Balaban J connectivity index is 2.27. The second-order valence-corrected chi connectivity index (χ2v) is 6.44. The Labute approximate surface area is 127 Å². The van der Waals surface area contributed by atoms with E-state index >= 15 is 0 Å². The van der Waals surface area contributed by atoms with Gasteiger partial charge in [-0.15, -0.1) is 0 Å². The number of primary amides is 1. The number of hydrogen-bond donors (Lipinski definition) is 2. The first kappa shape index (κ1) is 16.0. The molecule has 0 spiro atoms. The van der Waals surface area contributed by atoms with E-state index in [4.69, 9.17) is 11.5 Å². The highest BCUT2D eigenvalue weighted by Gasteiger charge is 2.35. The third-order valence-electron chi connectivity index (χ3n) is 4.61. The van der Waals surface area contributed by atoms with Crippen molar-refractivity contribution < 1.29 is 4.79 Å². The lowest BCUT2D eigenvalue weighted by molar-refractivity contribution is -0.124. The Kier molecular flexibility index (Phi) is 5.01. The van der Waals surface area contributed by atoms with Gasteiger partial charge in [0.2, 0.25) is 5.91 Å². The molecule has 0 aliphatic carbocycles. The van der Waals surface area contributed by atoms with Gasteiger partial charge >= 0.3 is 0 Å². The van der Waals surface area contributed by atoms with Gasteiger partial charge in [-0.3, -0.25) is 9.69 Å². The lowest BCUT2D eigenvalue weighted by Gasteiger charge is -2.43. The number of likely N-dealkylation sites (tertiary alicyclic amines) is 1. The average Bonchev–Trinajstić information content (AvgIpc) is 2.42. The first-order valence-electron chi connectivity index (χ1n) is 7.77. The maximum atomic E-state index is 11.5. The summed E-state index contributed by atoms with van der Waals surface area (Å²) in [4.78, 5) is 13.9. The van der Waals surface area contributed by atoms with Crippen LogP contribution < -0.4 is 11.5 Å². The first-order chi connectivity index (χ1) is 9.90. The zero-order chi connectivity index (χ0) is 15.6. The van der Waals surface area contributed by atoms with Crippen LogP contribution in [0.3, 0.4) is 0 Å². The molecule has 1 aliphatic heterocycles. The van der Waals surface area contributed by atoms with Crippen LogP contribution in [0.25, 0.3) is 0 Å². The van der Waals surface area contributed by atoms with Gasteiger partial charge in [-0.1, -0.05) is 29.8 Å². The summed E-state index contributed by atoms with van der Waals surface area (Å²) in [5, 5.41) is 0. The molecule has 4 atom stereocenters. The number of hydrogen-bond acceptors (Lipinski definition) is 3. The smallest absolute Gasteiger partial charge is 0.221 e. The molecule has 0 bridgehead atoms. The minimum absolute atomic E-state index is 0.00165. The predicted octanol–water partition coefficient (Wildman–Crippen LogP) is 1.97. The van der Waals surface area contributed by atoms with Gasteiger partial charge in [-0.25, -0.2) is 0 Å². The lowest BCUT2D eigenvalue weighted by Crippen LogP contribution is -2.51. The number of piperidine rings is 1. The molecule has 1 heterocycles. The molecule has 1 aromatic carbocycles. The van der Waals surface area contributed by atoms with E-state index in [1.54, 1.807) is 0 Å². The van der Waals surface area contributed by atoms with Crippen LogP contribution in [0.2, 0.25) is 0 Å². The van der Waals surface area contributed by atoms with Crippen LogP contribution in [0.1, 0.15) is 43.9 Å². The van der Waals surface area contributed by atoms with Crippen molar-refractivity contribution in [2.24, 2.45) is 17.4 Å². The number of rotatable bonds is 4. The molecule has 1 saturated heterocycles. The van der Waals surface area contributed by atoms with Crippen molar-refractivity contribution in [2.45, 2.75) is 51.7 Å². The van der Waals surface area contributed by atoms with E-state index in [1.807, 2.05) is 6.92 Å². The molecule has 4 nitrogen and oxygen atoms in total. The SMILES string of the molecule is Cc1ccc(C(C(C)N)N2CC(C(N)=O)CCC2C)cc1. The quantitative estimate of drug-likeness (QED) is 0.890. The summed E-state index contributed by atoms with van der Waals surface area (Å²) in [6.45, 7) is 7.03. The van der Waals surface area contributed by atoms with E-state index in [-0.39, 0.29) is 23.9 Å². The normalized spacial score (nSPS) is 26.3. The third-order valence-corrected chi connectivity index (χ3v) is 4.61. The molecule has 21 heavy (non-hydrogen) atoms. The Morgan fingerprint density at radius 3 is 2.43 bits per heavy atom. The Morgan fingerprint density at radius 2 is 1.90 bits per heavy atom. The molecule has 1 aliphatic rings. The molecule has 1 amide bonds. The number of amides is 1. The largest absolute Gasteiger partial charge is 0.369 e. The van der Waals surface area contributed by atoms with E-state index in [0.717, 1.165) is 12.8 Å². The monoisotopic (exact) mass is 289 g/mol. The first-order valence-corrected chi connectivity index (χ1v) is 7.77. The Hall–Kier alpha value is -1.39. The van der Waals surface area contributed by atoms with E-state index in [0.29, 0.717) is 12.6 Å². The van der Waals surface area contributed by atoms with Crippen molar-refractivity contribution in [3.05, 3.63) is 35.4 Å². The number of benzene rings is 1. The van der Waals surface area contributed by atoms with Crippen molar-refractivity contribution in [2.75, 3.05) is 6.54 Å². The minimum atomic E-state index is -0.195. The van der Waals surface area contributed by atoms with E-state index in [1.165, 1.54) is 11.1 Å².